The summed E-state index contributed by atoms with van der Waals surface area (Å²) in [6.45, 7) is 60.2. The molecule has 6 aliphatic heterocycles. The van der Waals surface area contributed by atoms with Crippen LogP contribution in [0, 0.1) is 17.3 Å². The number of hydrogen-bond acceptors (Lipinski definition) is 6. The van der Waals surface area contributed by atoms with Crippen molar-refractivity contribution in [3.63, 3.8) is 0 Å². The molecular weight excluding hydrogens is 1060 g/mol. The van der Waals surface area contributed by atoms with Gasteiger partial charge in [0.1, 0.15) is 0 Å². The van der Waals surface area contributed by atoms with E-state index in [1.807, 2.05) is 0 Å². The minimum Gasteiger partial charge on any atom is -0.369 e. The van der Waals surface area contributed by atoms with E-state index in [9.17, 15) is 0 Å². The minimum atomic E-state index is 0. The summed E-state index contributed by atoms with van der Waals surface area (Å²) in [5, 5.41) is 0. The van der Waals surface area contributed by atoms with Crippen molar-refractivity contribution in [2.45, 2.75) is 262 Å². The molecule has 0 bridgehead atoms. The Kier molecular flexibility index (Phi) is 22.0. The van der Waals surface area contributed by atoms with Crippen LogP contribution in [0.15, 0.2) is 146 Å². The number of allylic oxidation sites excluding steroid dienone is 2. The lowest BCUT2D eigenvalue weighted by Gasteiger charge is -2.47. The lowest BCUT2D eigenvalue weighted by Crippen LogP contribution is -2.51. The summed E-state index contributed by atoms with van der Waals surface area (Å²) in [6.07, 6.45) is 15.2. The van der Waals surface area contributed by atoms with Crippen LogP contribution in [-0.2, 0) is 30.1 Å². The predicted molar refractivity (Wildman–Crippen MR) is 397 cm³/mol. The molecule has 1 aliphatic carbocycles. The fourth-order valence-electron chi connectivity index (χ4n) is 16.0. The number of nitrogens with zero attached hydrogens (tertiary/aromatic N) is 6. The third kappa shape index (κ3) is 15.9. The number of aryl methyl sites for hydroxylation is 1. The summed E-state index contributed by atoms with van der Waals surface area (Å²) in [7, 11) is 0. The van der Waals surface area contributed by atoms with Crippen LogP contribution in [0.1, 0.15) is 215 Å². The molecule has 5 aromatic rings. The van der Waals surface area contributed by atoms with E-state index in [0.717, 1.165) is 12.5 Å². The van der Waals surface area contributed by atoms with Crippen molar-refractivity contribution < 1.29 is 8.56 Å². The van der Waals surface area contributed by atoms with E-state index in [4.69, 9.17) is 0 Å². The molecule has 12 rings (SSSR count). The fourth-order valence-corrected chi connectivity index (χ4v) is 16.0. The maximum Gasteiger partial charge on any atom is 0.0407 e. The maximum atomic E-state index is 2.63. The normalized spacial score (nSPS) is 21.6. The van der Waals surface area contributed by atoms with Crippen LogP contribution in [0.4, 0.5) is 28.4 Å². The summed E-state index contributed by atoms with van der Waals surface area (Å²) < 4.78 is 0. The van der Waals surface area contributed by atoms with E-state index in [-0.39, 0.29) is 14.1 Å². The topological polar surface area (TPSA) is 19.4 Å². The van der Waals surface area contributed by atoms with Gasteiger partial charge in [0, 0.05) is 127 Å². The largest absolute Gasteiger partial charge is 0.369 e. The van der Waals surface area contributed by atoms with E-state index in [0.29, 0.717) is 69.5 Å². The average Bonchev–Trinajstić information content (AvgIpc) is 1.41. The molecular formula is C81H134N6. The molecule has 1 fully saturated rings. The highest BCUT2D eigenvalue weighted by atomic mass is 15.3. The first kappa shape index (κ1) is 69.0. The number of likely N-dealkylation sites (tertiary alicyclic amines) is 1. The number of fused-ring (bicyclic) bond motifs is 6. The fraction of sp³-hybridized carbons (Fsp3) is 0.580. The lowest BCUT2D eigenvalue weighted by molar-refractivity contribution is 0.117. The first-order valence-corrected chi connectivity index (χ1v) is 34.0. The molecule has 6 heteroatoms. The van der Waals surface area contributed by atoms with Gasteiger partial charge in [-0.1, -0.05) is 157 Å². The Hall–Kier alpha value is -5.46. The van der Waals surface area contributed by atoms with Crippen molar-refractivity contribution in [1.29, 1.82) is 0 Å². The number of para-hydroxylation sites is 5. The Labute approximate surface area is 542 Å². The summed E-state index contributed by atoms with van der Waals surface area (Å²) in [5.41, 5.74) is 16.6. The molecule has 0 spiro atoms. The molecule has 7 aliphatic rings. The Morgan fingerprint density at radius 1 is 0.391 bits per heavy atom. The molecule has 2 atom stereocenters. The molecule has 1 saturated heterocycles. The van der Waals surface area contributed by atoms with E-state index >= 15 is 0 Å². The zero-order chi connectivity index (χ0) is 64.2. The summed E-state index contributed by atoms with van der Waals surface area (Å²) >= 11 is 0. The van der Waals surface area contributed by atoms with Crippen molar-refractivity contribution >= 4 is 28.4 Å². The van der Waals surface area contributed by atoms with Crippen molar-refractivity contribution in [1.82, 2.24) is 4.90 Å². The molecule has 5 aromatic carbocycles. The van der Waals surface area contributed by atoms with Gasteiger partial charge in [-0.25, -0.2) is 0 Å². The zero-order valence-corrected chi connectivity index (χ0v) is 59.5. The number of rotatable bonds is 6. The third-order valence-electron chi connectivity index (χ3n) is 20.2. The number of hydrogen-bond donors (Lipinski definition) is 0. The first-order chi connectivity index (χ1) is 40.6. The van der Waals surface area contributed by atoms with Crippen LogP contribution in [0.5, 0.6) is 0 Å². The standard InChI is InChI=1S/3C14H21N.C13H19N.C13H21N.C13H19N.6H2/c1-11(2)15-10-14(3,4)9-12-7-5-6-8-13(12)15;1-11(2)15-10-9-14(3,4)12-7-5-6-8-13(12)15;1-11(2)15-13-8-6-5-7-12(13)9-10-14(15,3)4;1-10(2)14-9-13(3,4)11-7-5-6-8-12(11)14;1-10(2)14-9-11-7-5-6-8-12(11)13(14,3)4;1-10(2)14-12-8-6-5-7-11(12)9-13(14,3)4;;;;;;/h3*5-8,11H,9-10H2,1-4H3;5-8,10H,9H2,1-4H3;5-8,10-12H,9H2,1-4H3;5-8,10H,9H2,1-4H3;6*1H/i;;;;;;6*1+1. The Morgan fingerprint density at radius 3 is 1.33 bits per heavy atom. The van der Waals surface area contributed by atoms with Crippen LogP contribution in [-0.4, -0.2) is 83.9 Å². The lowest BCUT2D eigenvalue weighted by atomic mass is 9.77. The van der Waals surface area contributed by atoms with E-state index in [1.165, 1.54) is 108 Å². The van der Waals surface area contributed by atoms with E-state index < -0.39 is 0 Å². The highest BCUT2D eigenvalue weighted by molar-refractivity contribution is 5.64. The summed E-state index contributed by atoms with van der Waals surface area (Å²) in [4.78, 5) is 15.3. The monoisotopic (exact) mass is 1200 g/mol. The number of anilines is 5. The van der Waals surface area contributed by atoms with Gasteiger partial charge in [-0.2, -0.15) is 0 Å². The maximum absolute atomic E-state index is 2.63. The molecule has 6 nitrogen and oxygen atoms in total. The van der Waals surface area contributed by atoms with Crippen molar-refractivity contribution in [3.8, 4) is 0 Å². The van der Waals surface area contributed by atoms with Gasteiger partial charge in [0.25, 0.3) is 0 Å². The van der Waals surface area contributed by atoms with E-state index in [2.05, 4.69) is 341 Å². The average molecular weight is 1200 g/mol. The molecule has 2 unspecified atom stereocenters. The van der Waals surface area contributed by atoms with Gasteiger partial charge < -0.3 is 24.5 Å². The van der Waals surface area contributed by atoms with Crippen LogP contribution in [0.3, 0.4) is 0 Å². The SMILES string of the molecule is CC(C)N1CC(C)(C)Cc2ccccc21.CC(C)N1CC(C)(C)c2ccccc21.CC(C)N1CC2C=CC=CC2C1(C)C.CC(C)N1CCC(C)(C)c2ccccc21.CC(C)N1c2ccccc2CC1(C)C.CC(C)N1c2ccccc2CCC1(C)C.[2HH].[2HH].[2HH].[2HH].[2HH].[2HH]. The van der Waals surface area contributed by atoms with Crippen LogP contribution in [0.2, 0.25) is 0 Å². The van der Waals surface area contributed by atoms with Gasteiger partial charge in [0.2, 0.25) is 0 Å². The molecule has 87 heavy (non-hydrogen) atoms. The zero-order valence-electron chi connectivity index (χ0n) is 59.5. The second kappa shape index (κ2) is 27.7. The van der Waals surface area contributed by atoms with Crippen LogP contribution >= 0.6 is 0 Å². The minimum absolute atomic E-state index is 0. The van der Waals surface area contributed by atoms with Gasteiger partial charge in [0.15, 0.2) is 0 Å². The highest BCUT2D eigenvalue weighted by Crippen LogP contribution is 2.45. The molecule has 0 radical (unpaired) electrons. The van der Waals surface area contributed by atoms with Crippen LogP contribution in [0.25, 0.3) is 0 Å². The highest BCUT2D eigenvalue weighted by Gasteiger charge is 2.47. The molecule has 0 aromatic heterocycles. The molecule has 488 valence electrons. The van der Waals surface area contributed by atoms with Gasteiger partial charge in [-0.15, -0.1) is 0 Å². The Bertz CT molecular complexity index is 3100. The number of benzene rings is 5. The van der Waals surface area contributed by atoms with Gasteiger partial charge in [0.05, 0.1) is 0 Å². The third-order valence-corrected chi connectivity index (χ3v) is 20.2. The molecule has 6 heterocycles. The van der Waals surface area contributed by atoms with Gasteiger partial charge >= 0.3 is 0 Å². The Morgan fingerprint density at radius 2 is 0.816 bits per heavy atom. The van der Waals surface area contributed by atoms with Gasteiger partial charge in [-0.3, -0.25) is 4.90 Å². The summed E-state index contributed by atoms with van der Waals surface area (Å²) in [6, 6.07) is 47.6. The van der Waals surface area contributed by atoms with Gasteiger partial charge in [-0.05, 0) is 232 Å². The second-order valence-electron chi connectivity index (χ2n) is 32.1. The van der Waals surface area contributed by atoms with Crippen molar-refractivity contribution in [3.05, 3.63) is 173 Å². The molecule has 0 amide bonds. The molecule has 0 N–H and O–H groups in total. The van der Waals surface area contributed by atoms with Crippen molar-refractivity contribution in [2.24, 2.45) is 17.3 Å². The second-order valence-corrected chi connectivity index (χ2v) is 32.1. The smallest absolute Gasteiger partial charge is 0.0407 e. The summed E-state index contributed by atoms with van der Waals surface area (Å²) in [5.74, 6) is 1.44. The molecule has 0 saturated carbocycles. The van der Waals surface area contributed by atoms with Crippen molar-refractivity contribution in [2.75, 3.05) is 50.7 Å². The van der Waals surface area contributed by atoms with Crippen LogP contribution < -0.4 is 24.5 Å². The first-order valence-electron chi connectivity index (χ1n) is 34.0. The Balaban J connectivity index is 0.000000551. The predicted octanol–water partition coefficient (Wildman–Crippen LogP) is 21.4. The quantitative estimate of drug-likeness (QED) is 0.168. The van der Waals surface area contributed by atoms with E-state index in [1.54, 1.807) is 0 Å².